The fourth-order valence-electron chi connectivity index (χ4n) is 1.76. The lowest BCUT2D eigenvalue weighted by Crippen LogP contribution is -1.97. The molecule has 0 atom stereocenters. The molecule has 6 heteroatoms. The molecule has 0 aliphatic carbocycles. The Kier molecular flexibility index (Phi) is 2.56. The molecule has 2 N–H and O–H groups in total. The van der Waals surface area contributed by atoms with E-state index in [-0.39, 0.29) is 5.75 Å². The first-order valence-corrected chi connectivity index (χ1v) is 5.67. The highest BCUT2D eigenvalue weighted by Crippen LogP contribution is 2.29. The Morgan fingerprint density at radius 3 is 3.00 bits per heavy atom. The van der Waals surface area contributed by atoms with Gasteiger partial charge in [0, 0.05) is 24.1 Å². The highest BCUT2D eigenvalue weighted by atomic mass is 19.1. The van der Waals surface area contributed by atoms with E-state index in [9.17, 15) is 4.39 Å². The molecule has 0 radical (unpaired) electrons. The summed E-state index contributed by atoms with van der Waals surface area (Å²) in [5.74, 6) is -0.136. The summed E-state index contributed by atoms with van der Waals surface area (Å²) in [6.07, 6.45) is 4.85. The number of nitrogen functional groups attached to an aromatic ring is 1. The van der Waals surface area contributed by atoms with Crippen LogP contribution in [0, 0.1) is 12.7 Å². The number of hydrogen-bond acceptors (Lipinski definition) is 4. The molecule has 3 rings (SSSR count). The van der Waals surface area contributed by atoms with Gasteiger partial charge in [-0.05, 0) is 24.6 Å². The van der Waals surface area contributed by atoms with Gasteiger partial charge in [0.2, 0.25) is 5.88 Å². The van der Waals surface area contributed by atoms with Gasteiger partial charge in [0.25, 0.3) is 0 Å². The fourth-order valence-corrected chi connectivity index (χ4v) is 1.76. The van der Waals surface area contributed by atoms with Gasteiger partial charge in [0.05, 0.1) is 6.20 Å². The van der Waals surface area contributed by atoms with Crippen LogP contribution in [-0.2, 0) is 0 Å². The van der Waals surface area contributed by atoms with Crippen LogP contribution in [0.15, 0.2) is 36.8 Å². The summed E-state index contributed by atoms with van der Waals surface area (Å²) in [5.41, 5.74) is 7.43. The Labute approximate surface area is 108 Å². The third-order valence-electron chi connectivity index (χ3n) is 2.82. The standard InChI is InChI=1S/C13H11FN4O/c1-8-6-12(9(14)7-10(8)15)19-13-11-2-3-17-18(11)5-4-16-13/h2-7H,15H2,1H3. The van der Waals surface area contributed by atoms with Crippen LogP contribution in [0.25, 0.3) is 5.52 Å². The zero-order valence-corrected chi connectivity index (χ0v) is 10.2. The predicted octanol–water partition coefficient (Wildman–Crippen LogP) is 2.55. The Morgan fingerprint density at radius 1 is 1.32 bits per heavy atom. The zero-order valence-electron chi connectivity index (χ0n) is 10.2. The van der Waals surface area contributed by atoms with Gasteiger partial charge in [-0.25, -0.2) is 13.9 Å². The number of nitrogens with zero attached hydrogens (tertiary/aromatic N) is 3. The summed E-state index contributed by atoms with van der Waals surface area (Å²) >= 11 is 0. The van der Waals surface area contributed by atoms with E-state index >= 15 is 0 Å². The van der Waals surface area contributed by atoms with Crippen LogP contribution in [0.3, 0.4) is 0 Å². The van der Waals surface area contributed by atoms with Gasteiger partial charge >= 0.3 is 0 Å². The largest absolute Gasteiger partial charge is 0.434 e. The van der Waals surface area contributed by atoms with Gasteiger partial charge < -0.3 is 10.5 Å². The second-order valence-electron chi connectivity index (χ2n) is 4.13. The van der Waals surface area contributed by atoms with Gasteiger partial charge in [0.15, 0.2) is 11.6 Å². The van der Waals surface area contributed by atoms with Crippen molar-refractivity contribution < 1.29 is 9.13 Å². The maximum Gasteiger partial charge on any atom is 0.245 e. The number of nitrogens with two attached hydrogens (primary N) is 1. The number of anilines is 1. The predicted molar refractivity (Wildman–Crippen MR) is 68.6 cm³/mol. The lowest BCUT2D eigenvalue weighted by atomic mass is 10.2. The summed E-state index contributed by atoms with van der Waals surface area (Å²) in [5, 5.41) is 4.06. The number of fused-ring (bicyclic) bond motifs is 1. The second-order valence-corrected chi connectivity index (χ2v) is 4.13. The van der Waals surface area contributed by atoms with E-state index in [1.54, 1.807) is 36.0 Å². The van der Waals surface area contributed by atoms with E-state index in [1.807, 2.05) is 0 Å². The smallest absolute Gasteiger partial charge is 0.245 e. The molecule has 1 aromatic carbocycles. The molecule has 0 saturated carbocycles. The number of rotatable bonds is 2. The van der Waals surface area contributed by atoms with Gasteiger partial charge in [-0.3, -0.25) is 0 Å². The maximum atomic E-state index is 13.8. The number of benzene rings is 1. The van der Waals surface area contributed by atoms with E-state index < -0.39 is 5.82 Å². The average Bonchev–Trinajstić information content (AvgIpc) is 2.85. The topological polar surface area (TPSA) is 65.4 Å². The molecular weight excluding hydrogens is 247 g/mol. The molecule has 3 aromatic rings. The maximum absolute atomic E-state index is 13.8. The third-order valence-corrected chi connectivity index (χ3v) is 2.82. The zero-order chi connectivity index (χ0) is 13.4. The molecule has 2 heterocycles. The van der Waals surface area contributed by atoms with E-state index in [4.69, 9.17) is 10.5 Å². The average molecular weight is 258 g/mol. The first kappa shape index (κ1) is 11.5. The molecule has 0 aliphatic heterocycles. The van der Waals surface area contributed by atoms with Crippen LogP contribution in [0.2, 0.25) is 0 Å². The molecule has 0 aliphatic rings. The van der Waals surface area contributed by atoms with Crippen molar-refractivity contribution in [2.45, 2.75) is 6.92 Å². The van der Waals surface area contributed by atoms with Crippen molar-refractivity contribution >= 4 is 11.2 Å². The highest BCUT2D eigenvalue weighted by molar-refractivity contribution is 5.57. The lowest BCUT2D eigenvalue weighted by molar-refractivity contribution is 0.429. The molecule has 2 aromatic heterocycles. The molecule has 19 heavy (non-hydrogen) atoms. The summed E-state index contributed by atoms with van der Waals surface area (Å²) < 4.78 is 20.9. The SMILES string of the molecule is Cc1cc(Oc2nccn3nccc23)c(F)cc1N. The minimum absolute atomic E-state index is 0.0912. The number of aryl methyl sites for hydroxylation is 1. The molecule has 0 unspecified atom stereocenters. The molecule has 0 saturated heterocycles. The van der Waals surface area contributed by atoms with Crippen molar-refractivity contribution in [3.05, 3.63) is 48.2 Å². The van der Waals surface area contributed by atoms with Crippen molar-refractivity contribution in [2.24, 2.45) is 0 Å². The monoisotopic (exact) mass is 258 g/mol. The normalized spacial score (nSPS) is 10.8. The number of hydrogen-bond donors (Lipinski definition) is 1. The van der Waals surface area contributed by atoms with Crippen LogP contribution in [0.5, 0.6) is 11.6 Å². The van der Waals surface area contributed by atoms with Crippen molar-refractivity contribution in [3.63, 3.8) is 0 Å². The second kappa shape index (κ2) is 4.24. The first-order valence-electron chi connectivity index (χ1n) is 5.67. The quantitative estimate of drug-likeness (QED) is 0.717. The van der Waals surface area contributed by atoms with E-state index in [2.05, 4.69) is 10.1 Å². The molecule has 0 fully saturated rings. The van der Waals surface area contributed by atoms with Crippen LogP contribution >= 0.6 is 0 Å². The lowest BCUT2D eigenvalue weighted by Gasteiger charge is -2.09. The van der Waals surface area contributed by atoms with Gasteiger partial charge in [-0.2, -0.15) is 5.10 Å². The Bertz CT molecular complexity index is 753. The van der Waals surface area contributed by atoms with Crippen molar-refractivity contribution in [1.29, 1.82) is 0 Å². The van der Waals surface area contributed by atoms with Crippen LogP contribution in [0.4, 0.5) is 10.1 Å². The summed E-state index contributed by atoms with van der Waals surface area (Å²) in [6.45, 7) is 1.79. The molecular formula is C13H11FN4O. The van der Waals surface area contributed by atoms with Crippen LogP contribution < -0.4 is 10.5 Å². The van der Waals surface area contributed by atoms with E-state index in [0.29, 0.717) is 17.1 Å². The molecule has 96 valence electrons. The third kappa shape index (κ3) is 1.97. The minimum atomic E-state index is -0.522. The number of aromatic nitrogens is 3. The fraction of sp³-hybridized carbons (Fsp3) is 0.0769. The summed E-state index contributed by atoms with van der Waals surface area (Å²) in [7, 11) is 0. The first-order chi connectivity index (χ1) is 9.15. The van der Waals surface area contributed by atoms with Crippen molar-refractivity contribution in [1.82, 2.24) is 14.6 Å². The van der Waals surface area contributed by atoms with Crippen molar-refractivity contribution in [3.8, 4) is 11.6 Å². The highest BCUT2D eigenvalue weighted by Gasteiger charge is 2.11. The summed E-state index contributed by atoms with van der Waals surface area (Å²) in [6, 6.07) is 4.53. The van der Waals surface area contributed by atoms with Crippen LogP contribution in [-0.4, -0.2) is 14.6 Å². The van der Waals surface area contributed by atoms with Gasteiger partial charge in [0.1, 0.15) is 5.52 Å². The summed E-state index contributed by atoms with van der Waals surface area (Å²) in [4.78, 5) is 4.09. The Morgan fingerprint density at radius 2 is 2.16 bits per heavy atom. The Hall–Kier alpha value is -2.63. The molecule has 0 amide bonds. The number of halogens is 1. The van der Waals surface area contributed by atoms with E-state index in [1.165, 1.54) is 12.3 Å². The van der Waals surface area contributed by atoms with Crippen LogP contribution in [0.1, 0.15) is 5.56 Å². The minimum Gasteiger partial charge on any atom is -0.434 e. The van der Waals surface area contributed by atoms with Gasteiger partial charge in [-0.15, -0.1) is 0 Å². The Balaban J connectivity index is 2.06. The number of ether oxygens (including phenoxy) is 1. The molecule has 0 bridgehead atoms. The van der Waals surface area contributed by atoms with Gasteiger partial charge in [-0.1, -0.05) is 0 Å². The molecule has 0 spiro atoms. The van der Waals surface area contributed by atoms with E-state index in [0.717, 1.165) is 5.56 Å². The molecule has 5 nitrogen and oxygen atoms in total. The van der Waals surface area contributed by atoms with Crippen molar-refractivity contribution in [2.75, 3.05) is 5.73 Å².